The number of nitrogens with zero attached hydrogens (tertiary/aromatic N) is 1. The Bertz CT molecular complexity index is 895. The molecular formula is C21H22Cl2N2O3. The fraction of sp³-hybridized carbons (Fsp3) is 0.333. The first-order valence-electron chi connectivity index (χ1n) is 9.17. The Kier molecular flexibility index (Phi) is 6.47. The van der Waals surface area contributed by atoms with Gasteiger partial charge >= 0.3 is 0 Å². The lowest BCUT2D eigenvalue weighted by molar-refractivity contribution is -0.122. The third-order valence-corrected chi connectivity index (χ3v) is 5.14. The first-order chi connectivity index (χ1) is 13.3. The van der Waals surface area contributed by atoms with Gasteiger partial charge in [0.2, 0.25) is 0 Å². The van der Waals surface area contributed by atoms with Gasteiger partial charge in [0.1, 0.15) is 5.75 Å². The van der Waals surface area contributed by atoms with Crippen LogP contribution in [0.1, 0.15) is 35.7 Å². The standard InChI is InChI=1S/C21H22Cl2N2O3/c1-13-11-15(22)6-8-19(13)28-14(2)20(26)24-18-12-16(23)5-7-17(18)21(27)25-9-3-4-10-25/h5-8,11-12,14H,3-4,9-10H2,1-2H3,(H,24,26). The van der Waals surface area contributed by atoms with Crippen LogP contribution in [0, 0.1) is 6.92 Å². The average molecular weight is 421 g/mol. The smallest absolute Gasteiger partial charge is 0.265 e. The highest BCUT2D eigenvalue weighted by Crippen LogP contribution is 2.26. The highest BCUT2D eigenvalue weighted by molar-refractivity contribution is 6.31. The molecule has 0 spiro atoms. The van der Waals surface area contributed by atoms with E-state index >= 15 is 0 Å². The zero-order chi connectivity index (χ0) is 20.3. The van der Waals surface area contributed by atoms with Gasteiger partial charge in [-0.15, -0.1) is 0 Å². The van der Waals surface area contributed by atoms with Crippen LogP contribution in [0.5, 0.6) is 5.75 Å². The number of likely N-dealkylation sites (tertiary alicyclic amines) is 1. The molecule has 1 N–H and O–H groups in total. The second-order valence-corrected chi connectivity index (χ2v) is 7.72. The number of amides is 2. The van der Waals surface area contributed by atoms with Gasteiger partial charge in [0.25, 0.3) is 11.8 Å². The molecule has 7 heteroatoms. The van der Waals surface area contributed by atoms with Gasteiger partial charge in [-0.2, -0.15) is 0 Å². The van der Waals surface area contributed by atoms with Gasteiger partial charge in [-0.25, -0.2) is 0 Å². The van der Waals surface area contributed by atoms with Crippen LogP contribution in [-0.2, 0) is 4.79 Å². The SMILES string of the molecule is Cc1cc(Cl)ccc1OC(C)C(=O)Nc1cc(Cl)ccc1C(=O)N1CCCC1. The van der Waals surface area contributed by atoms with Gasteiger partial charge in [-0.3, -0.25) is 9.59 Å². The molecule has 1 fully saturated rings. The Morgan fingerprint density at radius 3 is 2.39 bits per heavy atom. The summed E-state index contributed by atoms with van der Waals surface area (Å²) in [7, 11) is 0. The van der Waals surface area contributed by atoms with Gasteiger partial charge in [0.05, 0.1) is 11.3 Å². The van der Waals surface area contributed by atoms with Gasteiger partial charge in [-0.05, 0) is 68.7 Å². The molecule has 0 radical (unpaired) electrons. The quantitative estimate of drug-likeness (QED) is 0.744. The van der Waals surface area contributed by atoms with Gasteiger partial charge in [-0.1, -0.05) is 23.2 Å². The molecule has 0 aromatic heterocycles. The molecule has 1 saturated heterocycles. The first-order valence-corrected chi connectivity index (χ1v) is 9.93. The number of nitrogens with one attached hydrogen (secondary N) is 1. The van der Waals surface area contributed by atoms with Crippen LogP contribution < -0.4 is 10.1 Å². The third-order valence-electron chi connectivity index (χ3n) is 4.67. The van der Waals surface area contributed by atoms with Crippen molar-refractivity contribution in [2.24, 2.45) is 0 Å². The van der Waals surface area contributed by atoms with Gasteiger partial charge in [0, 0.05) is 23.1 Å². The van der Waals surface area contributed by atoms with Crippen molar-refractivity contribution in [3.05, 3.63) is 57.6 Å². The van der Waals surface area contributed by atoms with Crippen LogP contribution in [0.4, 0.5) is 5.69 Å². The van der Waals surface area contributed by atoms with Crippen molar-refractivity contribution >= 4 is 40.7 Å². The maximum atomic E-state index is 12.8. The molecule has 0 bridgehead atoms. The van der Waals surface area contributed by atoms with E-state index in [2.05, 4.69) is 5.32 Å². The van der Waals surface area contributed by atoms with Crippen molar-refractivity contribution < 1.29 is 14.3 Å². The van der Waals surface area contributed by atoms with Crippen LogP contribution in [-0.4, -0.2) is 35.9 Å². The first kappa shape index (κ1) is 20.5. The van der Waals surface area contributed by atoms with E-state index in [1.165, 1.54) is 0 Å². The summed E-state index contributed by atoms with van der Waals surface area (Å²) in [5, 5.41) is 3.83. The summed E-state index contributed by atoms with van der Waals surface area (Å²) in [6.07, 6.45) is 1.21. The second-order valence-electron chi connectivity index (χ2n) is 6.85. The fourth-order valence-corrected chi connectivity index (χ4v) is 3.52. The van der Waals surface area contributed by atoms with E-state index in [0.717, 1.165) is 31.5 Å². The van der Waals surface area contributed by atoms with E-state index in [1.807, 2.05) is 6.92 Å². The fourth-order valence-electron chi connectivity index (χ4n) is 3.12. The predicted octanol–water partition coefficient (Wildman–Crippen LogP) is 4.94. The maximum Gasteiger partial charge on any atom is 0.265 e. The number of anilines is 1. The van der Waals surface area contributed by atoms with Crippen LogP contribution in [0.15, 0.2) is 36.4 Å². The number of hydrogen-bond acceptors (Lipinski definition) is 3. The number of benzene rings is 2. The molecule has 148 valence electrons. The van der Waals surface area contributed by atoms with E-state index in [0.29, 0.717) is 27.0 Å². The minimum atomic E-state index is -0.770. The molecular weight excluding hydrogens is 399 g/mol. The van der Waals surface area contributed by atoms with Crippen molar-refractivity contribution in [2.45, 2.75) is 32.8 Å². The number of hydrogen-bond donors (Lipinski definition) is 1. The number of carbonyl (C=O) groups excluding carboxylic acids is 2. The van der Waals surface area contributed by atoms with Gasteiger partial charge < -0.3 is 15.0 Å². The maximum absolute atomic E-state index is 12.8. The molecule has 1 unspecified atom stereocenters. The lowest BCUT2D eigenvalue weighted by Gasteiger charge is -2.20. The summed E-state index contributed by atoms with van der Waals surface area (Å²) in [5.74, 6) is 0.102. The molecule has 3 rings (SSSR count). The third kappa shape index (κ3) is 4.78. The molecule has 0 saturated carbocycles. The number of carbonyl (C=O) groups is 2. The Balaban J connectivity index is 1.75. The zero-order valence-electron chi connectivity index (χ0n) is 15.8. The summed E-state index contributed by atoms with van der Waals surface area (Å²) >= 11 is 12.0. The highest BCUT2D eigenvalue weighted by Gasteiger charge is 2.24. The van der Waals surface area contributed by atoms with Crippen molar-refractivity contribution in [2.75, 3.05) is 18.4 Å². The Morgan fingerprint density at radius 2 is 1.71 bits per heavy atom. The summed E-state index contributed by atoms with van der Waals surface area (Å²) in [6.45, 7) is 4.96. The van der Waals surface area contributed by atoms with Crippen LogP contribution >= 0.6 is 23.2 Å². The Morgan fingerprint density at radius 1 is 1.07 bits per heavy atom. The predicted molar refractivity (Wildman–Crippen MR) is 111 cm³/mol. The second kappa shape index (κ2) is 8.84. The molecule has 2 amide bonds. The lowest BCUT2D eigenvalue weighted by atomic mass is 10.1. The molecule has 1 atom stereocenters. The zero-order valence-corrected chi connectivity index (χ0v) is 17.3. The Hall–Kier alpha value is -2.24. The van der Waals surface area contributed by atoms with Crippen LogP contribution in [0.25, 0.3) is 0 Å². The van der Waals surface area contributed by atoms with E-state index in [9.17, 15) is 9.59 Å². The molecule has 5 nitrogen and oxygen atoms in total. The minimum absolute atomic E-state index is 0.105. The number of rotatable bonds is 5. The molecule has 1 aliphatic rings. The van der Waals surface area contributed by atoms with Crippen molar-refractivity contribution in [3.8, 4) is 5.75 Å². The summed E-state index contributed by atoms with van der Waals surface area (Å²) in [6, 6.07) is 10.1. The van der Waals surface area contributed by atoms with E-state index in [4.69, 9.17) is 27.9 Å². The normalized spacial score (nSPS) is 14.6. The summed E-state index contributed by atoms with van der Waals surface area (Å²) < 4.78 is 5.77. The monoisotopic (exact) mass is 420 g/mol. The topological polar surface area (TPSA) is 58.6 Å². The van der Waals surface area contributed by atoms with Crippen molar-refractivity contribution in [3.63, 3.8) is 0 Å². The molecule has 2 aromatic carbocycles. The molecule has 1 aliphatic heterocycles. The summed E-state index contributed by atoms with van der Waals surface area (Å²) in [4.78, 5) is 27.2. The lowest BCUT2D eigenvalue weighted by Crippen LogP contribution is -2.32. The largest absolute Gasteiger partial charge is 0.481 e. The number of aryl methyl sites for hydroxylation is 1. The highest BCUT2D eigenvalue weighted by atomic mass is 35.5. The van der Waals surface area contributed by atoms with E-state index in [-0.39, 0.29) is 11.8 Å². The summed E-state index contributed by atoms with van der Waals surface area (Å²) in [5.41, 5.74) is 1.65. The van der Waals surface area contributed by atoms with E-state index in [1.54, 1.807) is 48.2 Å². The average Bonchev–Trinajstić information content (AvgIpc) is 3.18. The molecule has 1 heterocycles. The number of ether oxygens (including phenoxy) is 1. The Labute approximate surface area is 174 Å². The molecule has 28 heavy (non-hydrogen) atoms. The van der Waals surface area contributed by atoms with Gasteiger partial charge in [0.15, 0.2) is 6.10 Å². The van der Waals surface area contributed by atoms with Crippen LogP contribution in [0.3, 0.4) is 0 Å². The van der Waals surface area contributed by atoms with Crippen LogP contribution in [0.2, 0.25) is 10.0 Å². The van der Waals surface area contributed by atoms with Crippen molar-refractivity contribution in [1.82, 2.24) is 4.90 Å². The molecule has 0 aliphatic carbocycles. The minimum Gasteiger partial charge on any atom is -0.481 e. The molecule has 2 aromatic rings. The van der Waals surface area contributed by atoms with Crippen molar-refractivity contribution in [1.29, 1.82) is 0 Å². The van der Waals surface area contributed by atoms with E-state index < -0.39 is 6.10 Å². The number of halogens is 2.